The molecule has 1 aliphatic rings. The molecule has 1 N–H and O–H groups in total. The minimum absolute atomic E-state index is 0.255. The number of carbonyl (C=O) groups excluding carboxylic acids is 1. The summed E-state index contributed by atoms with van der Waals surface area (Å²) in [5.74, 6) is 0.255. The van der Waals surface area contributed by atoms with Crippen LogP contribution in [0.1, 0.15) is 44.4 Å². The summed E-state index contributed by atoms with van der Waals surface area (Å²) in [6.07, 6.45) is 9.17. The molecule has 4 heteroatoms. The van der Waals surface area contributed by atoms with Gasteiger partial charge < -0.3 is 4.79 Å². The number of hydrogen-bond acceptors (Lipinski definition) is 3. The lowest BCUT2D eigenvalue weighted by molar-refractivity contribution is -0.116. The van der Waals surface area contributed by atoms with Gasteiger partial charge in [0, 0.05) is 35.6 Å². The largest absolute Gasteiger partial charge is 0.300 e. The van der Waals surface area contributed by atoms with Crippen LogP contribution in [0.15, 0.2) is 85.2 Å². The minimum atomic E-state index is 0.255. The maximum Gasteiger partial charge on any atom is 0.129 e. The monoisotopic (exact) mass is 425 g/mol. The number of benzene rings is 2. The molecular formula is C28H31N3O. The van der Waals surface area contributed by atoms with Crippen LogP contribution < -0.4 is 0 Å². The number of Topliss-reactive ketones (excluding diaryl/α,β-unsaturated/α-hetero) is 1. The normalized spacial score (nSPS) is 11.8. The van der Waals surface area contributed by atoms with Gasteiger partial charge in [0.2, 0.25) is 0 Å². The summed E-state index contributed by atoms with van der Waals surface area (Å²) in [6, 6.07) is 24.8. The molecule has 32 heavy (non-hydrogen) atoms. The molecule has 0 fully saturated rings. The highest BCUT2D eigenvalue weighted by molar-refractivity contribution is 5.74. The molecule has 0 saturated heterocycles. The van der Waals surface area contributed by atoms with Gasteiger partial charge >= 0.3 is 0 Å². The lowest BCUT2D eigenvalue weighted by Crippen LogP contribution is -2.01. The summed E-state index contributed by atoms with van der Waals surface area (Å²) in [5.41, 5.74) is 7.58. The van der Waals surface area contributed by atoms with Crippen molar-refractivity contribution in [2.24, 2.45) is 0 Å². The summed E-state index contributed by atoms with van der Waals surface area (Å²) in [4.78, 5) is 13.8. The van der Waals surface area contributed by atoms with Gasteiger partial charge in [-0.25, -0.2) is 0 Å². The summed E-state index contributed by atoms with van der Waals surface area (Å²) < 4.78 is 0. The Morgan fingerprint density at radius 1 is 0.812 bits per heavy atom. The molecule has 164 valence electrons. The number of nitrogens with one attached hydrogen (secondary N) is 1. The van der Waals surface area contributed by atoms with E-state index < -0.39 is 0 Å². The maximum absolute atomic E-state index is 9.81. The smallest absolute Gasteiger partial charge is 0.129 e. The third kappa shape index (κ3) is 6.74. The van der Waals surface area contributed by atoms with Gasteiger partial charge in [0.1, 0.15) is 5.78 Å². The number of carbonyl (C=O) groups is 1. The first-order valence-electron chi connectivity index (χ1n) is 11.3. The second-order valence-electron chi connectivity index (χ2n) is 7.76. The van der Waals surface area contributed by atoms with E-state index in [4.69, 9.17) is 0 Å². The van der Waals surface area contributed by atoms with Crippen LogP contribution in [0.3, 0.4) is 0 Å². The van der Waals surface area contributed by atoms with Gasteiger partial charge in [-0.05, 0) is 55.9 Å². The van der Waals surface area contributed by atoms with Crippen LogP contribution in [-0.2, 0) is 17.6 Å². The summed E-state index contributed by atoms with van der Waals surface area (Å²) in [7, 11) is 0. The molecule has 5 rings (SSSR count). The predicted molar refractivity (Wildman–Crippen MR) is 131 cm³/mol. The Balaban J connectivity index is 0.000000153. The predicted octanol–water partition coefficient (Wildman–Crippen LogP) is 6.69. The van der Waals surface area contributed by atoms with E-state index in [-0.39, 0.29) is 5.78 Å². The number of hydrogen-bond donors (Lipinski definition) is 1. The Labute approximate surface area is 190 Å². The first kappa shape index (κ1) is 23.1. The van der Waals surface area contributed by atoms with Crippen molar-refractivity contribution in [1.82, 2.24) is 15.2 Å². The first-order valence-corrected chi connectivity index (χ1v) is 11.3. The fourth-order valence-electron chi connectivity index (χ4n) is 3.49. The Hall–Kier alpha value is -3.53. The Morgan fingerprint density at radius 2 is 1.34 bits per heavy atom. The van der Waals surface area contributed by atoms with Crippen molar-refractivity contribution in [3.05, 3.63) is 96.4 Å². The van der Waals surface area contributed by atoms with E-state index in [2.05, 4.69) is 63.7 Å². The number of pyridine rings is 1. The van der Waals surface area contributed by atoms with Gasteiger partial charge in [-0.1, -0.05) is 67.6 Å². The second-order valence-corrected chi connectivity index (χ2v) is 7.76. The lowest BCUT2D eigenvalue weighted by Gasteiger charge is -2.10. The molecule has 2 aromatic heterocycles. The zero-order valence-corrected chi connectivity index (χ0v) is 18.9. The summed E-state index contributed by atoms with van der Waals surface area (Å²) >= 11 is 0. The third-order valence-electron chi connectivity index (χ3n) is 5.39. The molecule has 2 aromatic carbocycles. The van der Waals surface area contributed by atoms with Crippen molar-refractivity contribution in [2.75, 3.05) is 0 Å². The highest BCUT2D eigenvalue weighted by Gasteiger charge is 2.17. The van der Waals surface area contributed by atoms with Crippen LogP contribution in [-0.4, -0.2) is 21.0 Å². The van der Waals surface area contributed by atoms with E-state index in [0.29, 0.717) is 6.42 Å². The average Bonchev–Trinajstić information content (AvgIpc) is 3.31. The van der Waals surface area contributed by atoms with E-state index >= 15 is 0 Å². The van der Waals surface area contributed by atoms with Crippen molar-refractivity contribution in [2.45, 2.75) is 46.0 Å². The number of rotatable bonds is 3. The molecule has 0 aliphatic heterocycles. The van der Waals surface area contributed by atoms with Gasteiger partial charge in [-0.2, -0.15) is 5.10 Å². The Bertz CT molecular complexity index is 1040. The molecular weight excluding hydrogens is 394 g/mol. The molecule has 0 radical (unpaired) electrons. The molecule has 4 aromatic rings. The quantitative estimate of drug-likeness (QED) is 0.398. The van der Waals surface area contributed by atoms with Crippen LogP contribution in [0.2, 0.25) is 0 Å². The van der Waals surface area contributed by atoms with Crippen LogP contribution in [0.4, 0.5) is 0 Å². The van der Waals surface area contributed by atoms with Crippen molar-refractivity contribution >= 4 is 5.78 Å². The number of aryl methyl sites for hydroxylation is 1. The van der Waals surface area contributed by atoms with Crippen LogP contribution in [0.25, 0.3) is 22.4 Å². The van der Waals surface area contributed by atoms with Crippen molar-refractivity contribution in [3.8, 4) is 22.4 Å². The van der Waals surface area contributed by atoms with Gasteiger partial charge in [0.15, 0.2) is 0 Å². The van der Waals surface area contributed by atoms with Gasteiger partial charge in [0.25, 0.3) is 0 Å². The maximum atomic E-state index is 9.81. The lowest BCUT2D eigenvalue weighted by atomic mass is 9.94. The number of aromatic amines is 1. The van der Waals surface area contributed by atoms with E-state index in [1.165, 1.54) is 40.8 Å². The van der Waals surface area contributed by atoms with E-state index in [9.17, 15) is 4.79 Å². The van der Waals surface area contributed by atoms with Crippen molar-refractivity contribution in [3.63, 3.8) is 0 Å². The van der Waals surface area contributed by atoms with Crippen molar-refractivity contribution in [1.29, 1.82) is 0 Å². The molecule has 0 saturated carbocycles. The standard InChI is InChI=1S/C12H13N3.C12H10.C4H8O/c1-2-4-11-10(3-1)12(15-14-11)9-5-7-13-8-6-9;1-3-7-11(8-4-1)12-9-5-2-6-10-12;1-3-4(2)5/h5-8H,1-4H2,(H,14,15);1-10H;3H2,1-2H3. The summed E-state index contributed by atoms with van der Waals surface area (Å²) in [6.45, 7) is 3.43. The topological polar surface area (TPSA) is 58.6 Å². The second kappa shape index (κ2) is 12.4. The highest BCUT2D eigenvalue weighted by Crippen LogP contribution is 2.28. The number of nitrogens with zero attached hydrogens (tertiary/aromatic N) is 2. The molecule has 0 unspecified atom stereocenters. The zero-order chi connectivity index (χ0) is 22.6. The van der Waals surface area contributed by atoms with Crippen molar-refractivity contribution < 1.29 is 4.79 Å². The SMILES string of the molecule is CCC(C)=O.c1cc(-c2n[nH]c3c2CCCC3)ccn1.c1ccc(-c2ccccc2)cc1. The molecule has 0 spiro atoms. The number of H-pyrrole nitrogens is 1. The molecule has 0 amide bonds. The molecule has 4 nitrogen and oxygen atoms in total. The fourth-order valence-corrected chi connectivity index (χ4v) is 3.49. The minimum Gasteiger partial charge on any atom is -0.300 e. The highest BCUT2D eigenvalue weighted by atomic mass is 16.1. The average molecular weight is 426 g/mol. The Morgan fingerprint density at radius 3 is 1.88 bits per heavy atom. The van der Waals surface area contributed by atoms with E-state index in [1.54, 1.807) is 6.92 Å². The fraction of sp³-hybridized carbons (Fsp3) is 0.250. The summed E-state index contributed by atoms with van der Waals surface area (Å²) in [5, 5.41) is 7.57. The molecule has 0 atom stereocenters. The van der Waals surface area contributed by atoms with Gasteiger partial charge in [0.05, 0.1) is 5.69 Å². The Kier molecular flexibility index (Phi) is 8.93. The number of aromatic nitrogens is 3. The van der Waals surface area contributed by atoms with Gasteiger partial charge in [-0.15, -0.1) is 0 Å². The first-order chi connectivity index (χ1) is 15.7. The molecule has 0 bridgehead atoms. The number of ketones is 1. The molecule has 1 aliphatic carbocycles. The van der Waals surface area contributed by atoms with Crippen LogP contribution in [0, 0.1) is 0 Å². The van der Waals surface area contributed by atoms with E-state index in [0.717, 1.165) is 18.5 Å². The van der Waals surface area contributed by atoms with E-state index in [1.807, 2.05) is 43.6 Å². The zero-order valence-electron chi connectivity index (χ0n) is 18.9. The third-order valence-corrected chi connectivity index (χ3v) is 5.39. The van der Waals surface area contributed by atoms with Crippen LogP contribution >= 0.6 is 0 Å². The van der Waals surface area contributed by atoms with Gasteiger partial charge in [-0.3, -0.25) is 10.1 Å². The van der Waals surface area contributed by atoms with Crippen LogP contribution in [0.5, 0.6) is 0 Å². The number of fused-ring (bicyclic) bond motifs is 1. The molecule has 2 heterocycles.